The highest BCUT2D eigenvalue weighted by Gasteiger charge is 2.42. The number of nitrogens with zero attached hydrogens (tertiary/aromatic N) is 5. The molecule has 0 spiro atoms. The fourth-order valence-corrected chi connectivity index (χ4v) is 7.09. The Kier molecular flexibility index (Phi) is 9.06. The van der Waals surface area contributed by atoms with Gasteiger partial charge in [0.25, 0.3) is 5.91 Å². The largest absolute Gasteiger partial charge is 0.443 e. The van der Waals surface area contributed by atoms with Gasteiger partial charge in [0.1, 0.15) is 22.9 Å². The number of hydrogen-bond donors (Lipinski definition) is 2. The van der Waals surface area contributed by atoms with Gasteiger partial charge in [-0.3, -0.25) is 9.20 Å². The van der Waals surface area contributed by atoms with Crippen LogP contribution in [0.15, 0.2) is 55.0 Å². The standard InChI is InChI=1S/C37H47FN6O5Si/c1-35(2,3)49-34(46)44-22-27-26(29-21-40-31-19-24(38)13-16-43(29)31)10-11-28(32(27)33(44)45)41-30-12-9-25(20-39-30)42-17-14-37(47,15-18-42)23-48-50(7,8)36(4,5)6/h9-13,16,19-21,47H,14-15,17-18,22-23H2,1-8H3,(H,39,41). The number of anilines is 3. The van der Waals surface area contributed by atoms with Crippen LogP contribution in [0.2, 0.25) is 18.1 Å². The second-order valence-electron chi connectivity index (χ2n) is 15.9. The SMILES string of the molecule is CC(C)(C)OC(=O)N1Cc2c(-c3cnc4cc(F)ccn34)ccc(Nc3ccc(N4CCC(O)(CO[Si](C)(C)C(C)(C)C)CC4)cn3)c2C1=O. The summed E-state index contributed by atoms with van der Waals surface area (Å²) in [5.74, 6) is -0.375. The highest BCUT2D eigenvalue weighted by atomic mass is 28.4. The molecule has 1 aromatic carbocycles. The lowest BCUT2D eigenvalue weighted by atomic mass is 9.92. The van der Waals surface area contributed by atoms with Crippen molar-refractivity contribution in [2.45, 2.75) is 90.3 Å². The van der Waals surface area contributed by atoms with Gasteiger partial charge in [0, 0.05) is 30.9 Å². The van der Waals surface area contributed by atoms with E-state index in [4.69, 9.17) is 9.16 Å². The number of imidazole rings is 1. The maximum Gasteiger partial charge on any atom is 0.417 e. The average molecular weight is 703 g/mol. The van der Waals surface area contributed by atoms with Crippen molar-refractivity contribution in [1.29, 1.82) is 0 Å². The number of fused-ring (bicyclic) bond motifs is 2. The summed E-state index contributed by atoms with van der Waals surface area (Å²) in [5, 5.41) is 14.7. The van der Waals surface area contributed by atoms with Gasteiger partial charge >= 0.3 is 6.09 Å². The monoisotopic (exact) mass is 702 g/mol. The van der Waals surface area contributed by atoms with Crippen molar-refractivity contribution in [3.63, 3.8) is 0 Å². The first-order valence-electron chi connectivity index (χ1n) is 17.0. The number of amides is 2. The normalized spacial score (nSPS) is 16.6. The quantitative estimate of drug-likeness (QED) is 0.188. The predicted octanol–water partition coefficient (Wildman–Crippen LogP) is 7.52. The van der Waals surface area contributed by atoms with Crippen LogP contribution in [0.3, 0.4) is 0 Å². The summed E-state index contributed by atoms with van der Waals surface area (Å²) in [6.45, 7) is 17.9. The molecule has 4 aromatic rings. The van der Waals surface area contributed by atoms with Gasteiger partial charge in [0.2, 0.25) is 0 Å². The summed E-state index contributed by atoms with van der Waals surface area (Å²) in [5.41, 5.74) is 2.48. The van der Waals surface area contributed by atoms with Gasteiger partial charge in [0.15, 0.2) is 8.32 Å². The van der Waals surface area contributed by atoms with Crippen LogP contribution in [0.5, 0.6) is 0 Å². The molecule has 0 bridgehead atoms. The number of carbonyl (C=O) groups is 2. The van der Waals surface area contributed by atoms with Crippen LogP contribution in [-0.2, 0) is 15.7 Å². The van der Waals surface area contributed by atoms with Gasteiger partial charge in [-0.1, -0.05) is 26.8 Å². The topological polar surface area (TPSA) is 122 Å². The second-order valence-corrected chi connectivity index (χ2v) is 20.7. The molecule has 3 aromatic heterocycles. The Bertz CT molecular complexity index is 1920. The van der Waals surface area contributed by atoms with E-state index >= 15 is 0 Å². The lowest BCUT2D eigenvalue weighted by Gasteiger charge is -2.43. The van der Waals surface area contributed by atoms with Gasteiger partial charge in [-0.2, -0.15) is 0 Å². The predicted molar refractivity (Wildman–Crippen MR) is 194 cm³/mol. The van der Waals surface area contributed by atoms with Crippen molar-refractivity contribution in [2.75, 3.05) is 29.9 Å². The van der Waals surface area contributed by atoms with E-state index in [1.165, 1.54) is 12.1 Å². The highest BCUT2D eigenvalue weighted by Crippen LogP contribution is 2.40. The molecule has 0 radical (unpaired) electrons. The van der Waals surface area contributed by atoms with Crippen LogP contribution in [0.25, 0.3) is 16.9 Å². The number of nitrogens with one attached hydrogen (secondary N) is 1. The van der Waals surface area contributed by atoms with Crippen molar-refractivity contribution in [1.82, 2.24) is 19.3 Å². The van der Waals surface area contributed by atoms with E-state index in [0.717, 1.165) is 10.6 Å². The molecule has 0 unspecified atom stereocenters. The number of benzene rings is 1. The second kappa shape index (κ2) is 12.8. The van der Waals surface area contributed by atoms with Gasteiger partial charge in [-0.05, 0) is 81.6 Å². The van der Waals surface area contributed by atoms with Crippen LogP contribution in [-0.4, -0.2) is 75.6 Å². The molecule has 6 rings (SSSR count). The Morgan fingerprint density at radius 1 is 1.04 bits per heavy atom. The lowest BCUT2D eigenvalue weighted by molar-refractivity contribution is -0.0282. The number of imide groups is 1. The summed E-state index contributed by atoms with van der Waals surface area (Å²) in [6, 6.07) is 10.1. The van der Waals surface area contributed by atoms with Crippen molar-refractivity contribution in [3.05, 3.63) is 71.9 Å². The molecule has 1 fully saturated rings. The number of piperidine rings is 1. The van der Waals surface area contributed by atoms with Crippen LogP contribution >= 0.6 is 0 Å². The van der Waals surface area contributed by atoms with E-state index in [0.29, 0.717) is 72.1 Å². The third-order valence-electron chi connectivity index (χ3n) is 10.0. The number of pyridine rings is 2. The summed E-state index contributed by atoms with van der Waals surface area (Å²) >= 11 is 0. The van der Waals surface area contributed by atoms with Crippen LogP contribution in [0.4, 0.5) is 26.4 Å². The molecular formula is C37H47FN6O5Si. The first kappa shape index (κ1) is 35.5. The Balaban J connectivity index is 1.22. The maximum atomic E-state index is 13.9. The zero-order valence-corrected chi connectivity index (χ0v) is 31.1. The molecule has 2 amide bonds. The maximum absolute atomic E-state index is 13.9. The van der Waals surface area contributed by atoms with E-state index < -0.39 is 37.3 Å². The van der Waals surface area contributed by atoms with E-state index in [1.54, 1.807) is 49.8 Å². The minimum Gasteiger partial charge on any atom is -0.443 e. The third-order valence-corrected chi connectivity index (χ3v) is 14.5. The fraction of sp³-hybridized carbons (Fsp3) is 0.459. The zero-order valence-electron chi connectivity index (χ0n) is 30.1. The molecule has 0 aliphatic carbocycles. The van der Waals surface area contributed by atoms with E-state index in [9.17, 15) is 19.1 Å². The lowest BCUT2D eigenvalue weighted by Crippen LogP contribution is -2.51. The molecule has 11 nitrogen and oxygen atoms in total. The molecular weight excluding hydrogens is 656 g/mol. The van der Waals surface area contributed by atoms with E-state index in [1.807, 2.05) is 18.2 Å². The van der Waals surface area contributed by atoms with Crippen LogP contribution in [0.1, 0.15) is 70.3 Å². The van der Waals surface area contributed by atoms with Gasteiger partial charge in [0.05, 0.1) is 53.8 Å². The van der Waals surface area contributed by atoms with E-state index in [2.05, 4.69) is 54.0 Å². The number of carbonyl (C=O) groups excluding carboxylic acids is 2. The Hall–Kier alpha value is -4.33. The first-order chi connectivity index (χ1) is 23.3. The average Bonchev–Trinajstić information content (AvgIpc) is 3.61. The fourth-order valence-electron chi connectivity index (χ4n) is 6.03. The van der Waals surface area contributed by atoms with Gasteiger partial charge in [-0.25, -0.2) is 24.1 Å². The number of ether oxygens (including phenoxy) is 1. The van der Waals surface area contributed by atoms with Crippen LogP contribution < -0.4 is 10.2 Å². The Morgan fingerprint density at radius 3 is 2.40 bits per heavy atom. The molecule has 266 valence electrons. The molecule has 0 atom stereocenters. The molecule has 5 heterocycles. The molecule has 2 aliphatic heterocycles. The minimum atomic E-state index is -1.97. The first-order valence-corrected chi connectivity index (χ1v) is 19.9. The zero-order chi connectivity index (χ0) is 36.2. The highest BCUT2D eigenvalue weighted by molar-refractivity contribution is 6.74. The minimum absolute atomic E-state index is 0.00301. The Labute approximate surface area is 293 Å². The number of halogens is 1. The van der Waals surface area contributed by atoms with Crippen molar-refractivity contribution in [3.8, 4) is 11.3 Å². The number of aromatic nitrogens is 3. The van der Waals surface area contributed by atoms with Gasteiger partial charge in [-0.15, -0.1) is 0 Å². The summed E-state index contributed by atoms with van der Waals surface area (Å²) in [7, 11) is -1.97. The number of hydrogen-bond acceptors (Lipinski definition) is 9. The molecule has 2 N–H and O–H groups in total. The number of aliphatic hydroxyl groups is 1. The van der Waals surface area contributed by atoms with Crippen molar-refractivity contribution < 1.29 is 28.2 Å². The Morgan fingerprint density at radius 2 is 1.76 bits per heavy atom. The molecule has 50 heavy (non-hydrogen) atoms. The third kappa shape index (κ3) is 7.12. The molecule has 2 aliphatic rings. The van der Waals surface area contributed by atoms with Crippen molar-refractivity contribution in [2.24, 2.45) is 0 Å². The molecule has 13 heteroatoms. The summed E-state index contributed by atoms with van der Waals surface area (Å²) in [6.07, 6.45) is 5.44. The van der Waals surface area contributed by atoms with Crippen molar-refractivity contribution >= 4 is 43.2 Å². The van der Waals surface area contributed by atoms with E-state index in [-0.39, 0.29) is 11.6 Å². The molecule has 0 saturated carbocycles. The van der Waals surface area contributed by atoms with Crippen LogP contribution in [0, 0.1) is 5.82 Å². The number of rotatable bonds is 7. The summed E-state index contributed by atoms with van der Waals surface area (Å²) < 4.78 is 27.6. The summed E-state index contributed by atoms with van der Waals surface area (Å²) in [4.78, 5) is 39.4. The smallest absolute Gasteiger partial charge is 0.417 e. The molecule has 1 saturated heterocycles. The van der Waals surface area contributed by atoms with Gasteiger partial charge < -0.3 is 24.5 Å².